The molecule has 1 aromatic rings. The highest BCUT2D eigenvalue weighted by molar-refractivity contribution is 5.95. The molecule has 0 aliphatic carbocycles. The van der Waals surface area contributed by atoms with E-state index in [9.17, 15) is 4.79 Å². The highest BCUT2D eigenvalue weighted by Crippen LogP contribution is 2.10. The number of nitrogens with one attached hydrogen (secondary N) is 2. The van der Waals surface area contributed by atoms with Crippen LogP contribution in [0.1, 0.15) is 5.56 Å². The van der Waals surface area contributed by atoms with Crippen LogP contribution in [0.15, 0.2) is 24.3 Å². The number of hydrogen-bond donors (Lipinski definition) is 3. The Bertz CT molecular complexity index is 386. The average Bonchev–Trinajstić information content (AvgIpc) is 2.42. The first kappa shape index (κ1) is 13.0. The Balaban J connectivity index is 1.89. The molecule has 0 bridgehead atoms. The Labute approximate surface area is 106 Å². The van der Waals surface area contributed by atoms with Gasteiger partial charge in [-0.15, -0.1) is 0 Å². The predicted octanol–water partition coefficient (Wildman–Crippen LogP) is 0.148. The van der Waals surface area contributed by atoms with Gasteiger partial charge in [-0.25, -0.2) is 0 Å². The largest absolute Gasteiger partial charge is 0.396 e. The maximum Gasteiger partial charge on any atom is 0.243 e. The molecular formula is C13H18N2O3. The topological polar surface area (TPSA) is 70.6 Å². The number of carbonyl (C=O) groups is 1. The van der Waals surface area contributed by atoms with E-state index < -0.39 is 0 Å². The van der Waals surface area contributed by atoms with Crippen molar-refractivity contribution in [3.63, 3.8) is 0 Å². The summed E-state index contributed by atoms with van der Waals surface area (Å²) < 4.78 is 5.24. The molecule has 2 rings (SSSR count). The van der Waals surface area contributed by atoms with Crippen LogP contribution in [0.3, 0.4) is 0 Å². The summed E-state index contributed by atoms with van der Waals surface area (Å²) in [6, 6.07) is 7.20. The van der Waals surface area contributed by atoms with Crippen molar-refractivity contribution in [1.82, 2.24) is 5.32 Å². The van der Waals surface area contributed by atoms with Crippen LogP contribution in [0.2, 0.25) is 0 Å². The molecule has 5 nitrogen and oxygen atoms in total. The Morgan fingerprint density at radius 3 is 2.83 bits per heavy atom. The minimum Gasteiger partial charge on any atom is -0.396 e. The first-order valence-corrected chi connectivity index (χ1v) is 6.11. The lowest BCUT2D eigenvalue weighted by Gasteiger charge is -2.22. The van der Waals surface area contributed by atoms with Gasteiger partial charge in [0.2, 0.25) is 5.91 Å². The molecular weight excluding hydrogens is 232 g/mol. The van der Waals surface area contributed by atoms with Crippen molar-refractivity contribution in [2.45, 2.75) is 12.5 Å². The smallest absolute Gasteiger partial charge is 0.243 e. The maximum atomic E-state index is 11.9. The molecule has 1 unspecified atom stereocenters. The zero-order chi connectivity index (χ0) is 12.8. The molecule has 0 aromatic heterocycles. The normalized spacial score (nSPS) is 19.5. The van der Waals surface area contributed by atoms with Gasteiger partial charge in [0.05, 0.1) is 13.2 Å². The van der Waals surface area contributed by atoms with Crippen molar-refractivity contribution in [2.75, 3.05) is 31.7 Å². The summed E-state index contributed by atoms with van der Waals surface area (Å²) >= 11 is 0. The molecule has 18 heavy (non-hydrogen) atoms. The van der Waals surface area contributed by atoms with Crippen LogP contribution in [-0.4, -0.2) is 43.4 Å². The Morgan fingerprint density at radius 2 is 2.22 bits per heavy atom. The van der Waals surface area contributed by atoms with Gasteiger partial charge in [-0.3, -0.25) is 4.79 Å². The second-order valence-corrected chi connectivity index (χ2v) is 4.24. The van der Waals surface area contributed by atoms with E-state index in [4.69, 9.17) is 9.84 Å². The van der Waals surface area contributed by atoms with Crippen LogP contribution in [-0.2, 0) is 16.0 Å². The molecule has 1 aliphatic rings. The zero-order valence-electron chi connectivity index (χ0n) is 10.2. The molecule has 1 saturated heterocycles. The zero-order valence-corrected chi connectivity index (χ0v) is 10.2. The summed E-state index contributed by atoms with van der Waals surface area (Å²) in [5.41, 5.74) is 1.81. The number of amides is 1. The Morgan fingerprint density at radius 1 is 1.44 bits per heavy atom. The molecule has 0 spiro atoms. The van der Waals surface area contributed by atoms with E-state index in [0.29, 0.717) is 26.2 Å². The van der Waals surface area contributed by atoms with Crippen molar-refractivity contribution in [1.29, 1.82) is 0 Å². The van der Waals surface area contributed by atoms with Gasteiger partial charge < -0.3 is 20.5 Å². The van der Waals surface area contributed by atoms with Crippen molar-refractivity contribution < 1.29 is 14.6 Å². The van der Waals surface area contributed by atoms with E-state index in [1.165, 1.54) is 0 Å². The van der Waals surface area contributed by atoms with E-state index in [1.54, 1.807) is 0 Å². The van der Waals surface area contributed by atoms with Gasteiger partial charge in [0.25, 0.3) is 0 Å². The van der Waals surface area contributed by atoms with Gasteiger partial charge in [0.15, 0.2) is 0 Å². The van der Waals surface area contributed by atoms with Crippen molar-refractivity contribution >= 4 is 11.6 Å². The Hall–Kier alpha value is -1.43. The number of morpholine rings is 1. The predicted molar refractivity (Wildman–Crippen MR) is 68.5 cm³/mol. The Kier molecular flexibility index (Phi) is 4.69. The number of ether oxygens (including phenoxy) is 1. The van der Waals surface area contributed by atoms with Crippen molar-refractivity contribution in [3.8, 4) is 0 Å². The van der Waals surface area contributed by atoms with Crippen LogP contribution in [0.4, 0.5) is 5.69 Å². The molecule has 3 N–H and O–H groups in total. The van der Waals surface area contributed by atoms with E-state index in [1.807, 2.05) is 24.3 Å². The average molecular weight is 250 g/mol. The molecule has 1 aliphatic heterocycles. The number of rotatable bonds is 4. The fourth-order valence-electron chi connectivity index (χ4n) is 1.85. The molecule has 0 radical (unpaired) electrons. The standard InChI is InChI=1S/C13H18N2O3/c16-7-5-10-1-3-11(4-2-10)15-13(17)12-9-18-8-6-14-12/h1-4,12,14,16H,5-9H2,(H,15,17). The molecule has 5 heteroatoms. The second kappa shape index (κ2) is 6.49. The van der Waals surface area contributed by atoms with Gasteiger partial charge in [0, 0.05) is 18.8 Å². The molecule has 1 fully saturated rings. The van der Waals surface area contributed by atoms with Crippen LogP contribution < -0.4 is 10.6 Å². The summed E-state index contributed by atoms with van der Waals surface area (Å²) in [5.74, 6) is -0.0791. The lowest BCUT2D eigenvalue weighted by molar-refractivity contribution is -0.120. The van der Waals surface area contributed by atoms with E-state index in [-0.39, 0.29) is 18.6 Å². The number of benzene rings is 1. The van der Waals surface area contributed by atoms with Crippen molar-refractivity contribution in [2.24, 2.45) is 0 Å². The van der Waals surface area contributed by atoms with Gasteiger partial charge >= 0.3 is 0 Å². The minimum atomic E-state index is -0.282. The number of anilines is 1. The van der Waals surface area contributed by atoms with E-state index >= 15 is 0 Å². The number of aliphatic hydroxyl groups is 1. The summed E-state index contributed by atoms with van der Waals surface area (Å²) in [5, 5.41) is 14.8. The molecule has 1 atom stereocenters. The molecule has 1 heterocycles. The third-order valence-electron chi connectivity index (χ3n) is 2.86. The SMILES string of the molecule is O=C(Nc1ccc(CCO)cc1)C1COCCN1. The van der Waals surface area contributed by atoms with E-state index in [0.717, 1.165) is 11.3 Å². The summed E-state index contributed by atoms with van der Waals surface area (Å²) in [6.45, 7) is 1.90. The fraction of sp³-hybridized carbons (Fsp3) is 0.462. The van der Waals surface area contributed by atoms with E-state index in [2.05, 4.69) is 10.6 Å². The maximum absolute atomic E-state index is 11.9. The molecule has 98 valence electrons. The number of hydrogen-bond acceptors (Lipinski definition) is 4. The third-order valence-corrected chi connectivity index (χ3v) is 2.86. The summed E-state index contributed by atoms with van der Waals surface area (Å²) in [7, 11) is 0. The third kappa shape index (κ3) is 3.53. The fourth-order valence-corrected chi connectivity index (χ4v) is 1.85. The van der Waals surface area contributed by atoms with Gasteiger partial charge in [-0.1, -0.05) is 12.1 Å². The monoisotopic (exact) mass is 250 g/mol. The summed E-state index contributed by atoms with van der Waals surface area (Å²) in [4.78, 5) is 11.9. The lowest BCUT2D eigenvalue weighted by Crippen LogP contribution is -2.48. The van der Waals surface area contributed by atoms with Crippen LogP contribution in [0.25, 0.3) is 0 Å². The number of aliphatic hydroxyl groups excluding tert-OH is 1. The van der Waals surface area contributed by atoms with Gasteiger partial charge in [-0.05, 0) is 24.1 Å². The van der Waals surface area contributed by atoms with Crippen LogP contribution in [0, 0.1) is 0 Å². The van der Waals surface area contributed by atoms with Gasteiger partial charge in [-0.2, -0.15) is 0 Å². The molecule has 1 amide bonds. The second-order valence-electron chi connectivity index (χ2n) is 4.24. The molecule has 1 aromatic carbocycles. The van der Waals surface area contributed by atoms with Crippen LogP contribution >= 0.6 is 0 Å². The number of carbonyl (C=O) groups excluding carboxylic acids is 1. The van der Waals surface area contributed by atoms with Gasteiger partial charge in [0.1, 0.15) is 6.04 Å². The lowest BCUT2D eigenvalue weighted by atomic mass is 10.1. The first-order valence-electron chi connectivity index (χ1n) is 6.11. The minimum absolute atomic E-state index is 0.0791. The highest BCUT2D eigenvalue weighted by Gasteiger charge is 2.20. The first-order chi connectivity index (χ1) is 8.79. The quantitative estimate of drug-likeness (QED) is 0.711. The highest BCUT2D eigenvalue weighted by atomic mass is 16.5. The summed E-state index contributed by atoms with van der Waals surface area (Å²) in [6.07, 6.45) is 0.631. The molecule has 0 saturated carbocycles. The van der Waals surface area contributed by atoms with Crippen LogP contribution in [0.5, 0.6) is 0 Å². The van der Waals surface area contributed by atoms with Crippen molar-refractivity contribution in [3.05, 3.63) is 29.8 Å².